The van der Waals surface area contributed by atoms with Crippen LogP contribution in [0, 0.1) is 10.1 Å². The number of hydrogen-bond donors (Lipinski definition) is 1. The van der Waals surface area contributed by atoms with Crippen LogP contribution in [-0.2, 0) is 6.42 Å². The van der Waals surface area contributed by atoms with Crippen molar-refractivity contribution in [2.45, 2.75) is 12.5 Å². The molecule has 1 aliphatic heterocycles. The molecule has 0 saturated heterocycles. The number of fused-ring (bicyclic) bond motifs is 1. The van der Waals surface area contributed by atoms with Crippen molar-refractivity contribution in [3.05, 3.63) is 33.9 Å². The first-order valence-electron chi connectivity index (χ1n) is 4.33. The van der Waals surface area contributed by atoms with E-state index < -0.39 is 4.92 Å². The van der Waals surface area contributed by atoms with E-state index in [0.29, 0.717) is 18.8 Å². The number of nitro benzene ring substituents is 1. The first kappa shape index (κ1) is 8.96. The fourth-order valence-corrected chi connectivity index (χ4v) is 1.57. The van der Waals surface area contributed by atoms with E-state index in [4.69, 9.17) is 10.5 Å². The number of rotatable bonds is 1. The third-order valence-electron chi connectivity index (χ3n) is 2.20. The second-order valence-corrected chi connectivity index (χ2v) is 3.30. The van der Waals surface area contributed by atoms with Gasteiger partial charge < -0.3 is 10.5 Å². The molecule has 0 spiro atoms. The molecule has 5 nitrogen and oxygen atoms in total. The highest BCUT2D eigenvalue weighted by Gasteiger charge is 2.24. The average molecular weight is 194 g/mol. The van der Waals surface area contributed by atoms with Crippen molar-refractivity contribution in [2.75, 3.05) is 6.61 Å². The van der Waals surface area contributed by atoms with Crippen LogP contribution in [0.15, 0.2) is 18.2 Å². The number of hydrogen-bond acceptors (Lipinski definition) is 4. The molecule has 0 fully saturated rings. The van der Waals surface area contributed by atoms with Gasteiger partial charge in [-0.25, -0.2) is 0 Å². The van der Waals surface area contributed by atoms with Gasteiger partial charge in [-0.2, -0.15) is 0 Å². The van der Waals surface area contributed by atoms with Gasteiger partial charge in [-0.15, -0.1) is 0 Å². The van der Waals surface area contributed by atoms with E-state index in [9.17, 15) is 10.1 Å². The van der Waals surface area contributed by atoms with E-state index in [0.717, 1.165) is 5.56 Å². The minimum atomic E-state index is -0.435. The van der Waals surface area contributed by atoms with Gasteiger partial charge in [0, 0.05) is 17.7 Å². The van der Waals surface area contributed by atoms with E-state index in [1.807, 2.05) is 0 Å². The summed E-state index contributed by atoms with van der Waals surface area (Å²) in [6.07, 6.45) is 0.636. The fourth-order valence-electron chi connectivity index (χ4n) is 1.57. The zero-order chi connectivity index (χ0) is 10.1. The fraction of sp³-hybridized carbons (Fsp3) is 0.333. The maximum absolute atomic E-state index is 10.6. The molecule has 1 aromatic carbocycles. The van der Waals surface area contributed by atoms with E-state index in [2.05, 4.69) is 0 Å². The van der Waals surface area contributed by atoms with Gasteiger partial charge >= 0.3 is 5.69 Å². The third kappa shape index (κ3) is 1.42. The molecule has 0 radical (unpaired) electrons. The summed E-state index contributed by atoms with van der Waals surface area (Å²) in [6, 6.07) is 4.83. The van der Waals surface area contributed by atoms with Crippen molar-refractivity contribution in [1.82, 2.24) is 0 Å². The summed E-state index contributed by atoms with van der Waals surface area (Å²) in [5.74, 6) is 0.374. The van der Waals surface area contributed by atoms with Gasteiger partial charge in [0.05, 0.1) is 4.92 Å². The highest BCUT2D eigenvalue weighted by molar-refractivity contribution is 5.52. The zero-order valence-corrected chi connectivity index (χ0v) is 7.47. The van der Waals surface area contributed by atoms with E-state index in [1.165, 1.54) is 6.07 Å². The summed E-state index contributed by atoms with van der Waals surface area (Å²) in [5.41, 5.74) is 6.52. The first-order chi connectivity index (χ1) is 6.68. The van der Waals surface area contributed by atoms with Crippen LogP contribution >= 0.6 is 0 Å². The first-order valence-corrected chi connectivity index (χ1v) is 4.33. The number of nitrogens with two attached hydrogens (primary N) is 1. The molecule has 0 amide bonds. The summed E-state index contributed by atoms with van der Waals surface area (Å²) in [6.45, 7) is 0.345. The highest BCUT2D eigenvalue weighted by atomic mass is 16.6. The molecule has 1 aliphatic rings. The molecular formula is C9H10N2O3. The normalized spacial score (nSPS) is 19.6. The van der Waals surface area contributed by atoms with Crippen LogP contribution in [0.3, 0.4) is 0 Å². The molecule has 1 unspecified atom stereocenters. The van der Waals surface area contributed by atoms with Crippen molar-refractivity contribution >= 4 is 5.69 Å². The number of ether oxygens (including phenoxy) is 1. The molecule has 0 aromatic heterocycles. The van der Waals surface area contributed by atoms with E-state index in [1.54, 1.807) is 12.1 Å². The van der Waals surface area contributed by atoms with Crippen LogP contribution in [-0.4, -0.2) is 17.6 Å². The summed E-state index contributed by atoms with van der Waals surface area (Å²) in [5, 5.41) is 10.6. The summed E-state index contributed by atoms with van der Waals surface area (Å²) in [7, 11) is 0. The molecule has 1 atom stereocenters. The van der Waals surface area contributed by atoms with Crippen LogP contribution in [0.4, 0.5) is 5.69 Å². The molecule has 14 heavy (non-hydrogen) atoms. The predicted molar refractivity (Wildman–Crippen MR) is 50.3 cm³/mol. The Hall–Kier alpha value is -1.62. The Kier molecular flexibility index (Phi) is 2.09. The third-order valence-corrected chi connectivity index (χ3v) is 2.20. The van der Waals surface area contributed by atoms with Gasteiger partial charge in [0.25, 0.3) is 0 Å². The summed E-state index contributed by atoms with van der Waals surface area (Å²) >= 11 is 0. The van der Waals surface area contributed by atoms with Crippen molar-refractivity contribution < 1.29 is 9.66 Å². The average Bonchev–Trinajstić information content (AvgIpc) is 2.16. The molecule has 0 bridgehead atoms. The lowest BCUT2D eigenvalue weighted by Crippen LogP contribution is -2.34. The summed E-state index contributed by atoms with van der Waals surface area (Å²) < 4.78 is 5.26. The zero-order valence-electron chi connectivity index (χ0n) is 7.47. The summed E-state index contributed by atoms with van der Waals surface area (Å²) in [4.78, 5) is 10.2. The molecule has 2 rings (SSSR count). The minimum absolute atomic E-state index is 0.0226. The molecule has 0 saturated carbocycles. The van der Waals surface area contributed by atoms with Gasteiger partial charge in [0.2, 0.25) is 0 Å². The Morgan fingerprint density at radius 2 is 2.36 bits per heavy atom. The van der Waals surface area contributed by atoms with Crippen molar-refractivity contribution in [3.63, 3.8) is 0 Å². The van der Waals surface area contributed by atoms with Crippen LogP contribution in [0.25, 0.3) is 0 Å². The lowest BCUT2D eigenvalue weighted by molar-refractivity contribution is -0.386. The van der Waals surface area contributed by atoms with E-state index in [-0.39, 0.29) is 11.7 Å². The lowest BCUT2D eigenvalue weighted by atomic mass is 10.0. The monoisotopic (exact) mass is 194 g/mol. The van der Waals surface area contributed by atoms with Crippen LogP contribution in [0.5, 0.6) is 5.75 Å². The number of benzene rings is 1. The van der Waals surface area contributed by atoms with Crippen molar-refractivity contribution in [1.29, 1.82) is 0 Å². The lowest BCUT2D eigenvalue weighted by Gasteiger charge is -2.21. The molecule has 2 N–H and O–H groups in total. The SMILES string of the molecule is NC1COc2c(cccc2[N+](=O)[O-])C1. The Morgan fingerprint density at radius 3 is 3.07 bits per heavy atom. The van der Waals surface area contributed by atoms with Crippen LogP contribution < -0.4 is 10.5 Å². The Bertz CT molecular complexity index is 378. The number of nitro groups is 1. The Labute approximate surface area is 80.6 Å². The van der Waals surface area contributed by atoms with Gasteiger partial charge in [-0.1, -0.05) is 12.1 Å². The topological polar surface area (TPSA) is 78.4 Å². The van der Waals surface area contributed by atoms with Crippen molar-refractivity contribution in [3.8, 4) is 5.75 Å². The van der Waals surface area contributed by atoms with E-state index >= 15 is 0 Å². The van der Waals surface area contributed by atoms with Gasteiger partial charge in [-0.3, -0.25) is 10.1 Å². The second kappa shape index (κ2) is 3.26. The molecule has 1 aromatic rings. The second-order valence-electron chi connectivity index (χ2n) is 3.30. The maximum atomic E-state index is 10.6. The maximum Gasteiger partial charge on any atom is 0.311 e. The Balaban J connectivity index is 2.46. The van der Waals surface area contributed by atoms with Gasteiger partial charge in [0.1, 0.15) is 6.61 Å². The van der Waals surface area contributed by atoms with Crippen LogP contribution in [0.1, 0.15) is 5.56 Å². The molecule has 0 aliphatic carbocycles. The van der Waals surface area contributed by atoms with Gasteiger partial charge in [-0.05, 0) is 6.42 Å². The number of nitrogens with zero attached hydrogens (tertiary/aromatic N) is 1. The standard InChI is InChI=1S/C9H10N2O3/c10-7-4-6-2-1-3-8(11(12)13)9(6)14-5-7/h1-3,7H,4-5,10H2. The Morgan fingerprint density at radius 1 is 1.57 bits per heavy atom. The largest absolute Gasteiger partial charge is 0.485 e. The quantitative estimate of drug-likeness (QED) is 0.531. The molecule has 5 heteroatoms. The van der Waals surface area contributed by atoms with Crippen molar-refractivity contribution in [2.24, 2.45) is 5.73 Å². The van der Waals surface area contributed by atoms with Crippen LogP contribution in [0.2, 0.25) is 0 Å². The van der Waals surface area contributed by atoms with Gasteiger partial charge in [0.15, 0.2) is 5.75 Å². The molecule has 74 valence electrons. The number of para-hydroxylation sites is 1. The highest BCUT2D eigenvalue weighted by Crippen LogP contribution is 2.33. The smallest absolute Gasteiger partial charge is 0.311 e. The molecular weight excluding hydrogens is 184 g/mol. The minimum Gasteiger partial charge on any atom is -0.485 e. The predicted octanol–water partition coefficient (Wildman–Crippen LogP) is 0.857. The molecule has 1 heterocycles.